The topological polar surface area (TPSA) is 63.2 Å². The molecule has 3 aromatic rings. The molecule has 0 saturated heterocycles. The minimum atomic E-state index is -3.77. The van der Waals surface area contributed by atoms with Crippen molar-refractivity contribution in [1.82, 2.24) is 4.72 Å². The van der Waals surface area contributed by atoms with Gasteiger partial charge < -0.3 is 0 Å². The number of rotatable bonds is 7. The summed E-state index contributed by atoms with van der Waals surface area (Å²) in [5.74, 6) is -0.199. The Labute approximate surface area is 168 Å². The Bertz CT molecular complexity index is 1100. The van der Waals surface area contributed by atoms with Gasteiger partial charge in [0.1, 0.15) is 4.90 Å². The van der Waals surface area contributed by atoms with E-state index in [1.54, 1.807) is 6.07 Å². The Balaban J connectivity index is 2.00. The van der Waals surface area contributed by atoms with E-state index in [4.69, 9.17) is 11.6 Å². The molecule has 4 nitrogen and oxygen atoms in total. The average Bonchev–Trinajstić information content (AvgIpc) is 2.98. The monoisotopic (exact) mass is 421 g/mol. The van der Waals surface area contributed by atoms with Crippen LogP contribution in [0.15, 0.2) is 47.4 Å². The molecule has 1 aromatic heterocycles. The molecular formula is C20H20ClNO3S2. The number of ketones is 1. The average molecular weight is 422 g/mol. The highest BCUT2D eigenvalue weighted by Crippen LogP contribution is 2.33. The molecule has 2 aromatic carbocycles. The summed E-state index contributed by atoms with van der Waals surface area (Å²) < 4.78 is 28.6. The summed E-state index contributed by atoms with van der Waals surface area (Å²) in [6.45, 7) is 4.22. The summed E-state index contributed by atoms with van der Waals surface area (Å²) in [4.78, 5) is 13.6. The van der Waals surface area contributed by atoms with E-state index in [1.165, 1.54) is 23.5 Å². The quantitative estimate of drug-likeness (QED) is 0.422. The highest BCUT2D eigenvalue weighted by atomic mass is 35.5. The van der Waals surface area contributed by atoms with Gasteiger partial charge in [-0.05, 0) is 48.6 Å². The van der Waals surface area contributed by atoms with Crippen LogP contribution in [0.2, 0.25) is 5.02 Å². The second-order valence-electron chi connectivity index (χ2n) is 6.28. The van der Waals surface area contributed by atoms with Crippen LogP contribution in [0.5, 0.6) is 0 Å². The second kappa shape index (κ2) is 8.10. The Morgan fingerprint density at radius 3 is 2.63 bits per heavy atom. The molecule has 0 spiro atoms. The third kappa shape index (κ3) is 4.09. The van der Waals surface area contributed by atoms with Gasteiger partial charge in [0.25, 0.3) is 0 Å². The number of hydrogen-bond acceptors (Lipinski definition) is 4. The lowest BCUT2D eigenvalue weighted by molar-refractivity contribution is 0.104. The standard InChI is InChI=1S/C20H20ClNO3S2/c1-3-4-11-22-27(24,25)18-12-14(9-10-16(18)21)19(23)20-13(2)15-7-5-6-8-17(15)26-20/h5-10,12,22H,3-4,11H2,1-2H3. The van der Waals surface area contributed by atoms with Gasteiger partial charge in [-0.3, -0.25) is 4.79 Å². The first-order valence-corrected chi connectivity index (χ1v) is 11.3. The maximum absolute atomic E-state index is 13.0. The molecule has 0 unspecified atom stereocenters. The predicted molar refractivity (Wildman–Crippen MR) is 112 cm³/mol. The molecule has 0 radical (unpaired) electrons. The lowest BCUT2D eigenvalue weighted by atomic mass is 10.1. The van der Waals surface area contributed by atoms with E-state index in [0.29, 0.717) is 17.0 Å². The van der Waals surface area contributed by atoms with Gasteiger partial charge in [-0.1, -0.05) is 43.1 Å². The summed E-state index contributed by atoms with van der Waals surface area (Å²) >= 11 is 7.53. The SMILES string of the molecule is CCCCNS(=O)(=O)c1cc(C(=O)c2sc3ccccc3c2C)ccc1Cl. The molecule has 142 valence electrons. The zero-order chi connectivity index (χ0) is 19.6. The number of fused-ring (bicyclic) bond motifs is 1. The summed E-state index contributed by atoms with van der Waals surface area (Å²) in [5.41, 5.74) is 1.21. The molecule has 0 aliphatic rings. The van der Waals surface area contributed by atoms with Gasteiger partial charge in [-0.2, -0.15) is 0 Å². The molecule has 0 atom stereocenters. The zero-order valence-corrected chi connectivity index (χ0v) is 17.5. The Morgan fingerprint density at radius 2 is 1.93 bits per heavy atom. The Morgan fingerprint density at radius 1 is 1.19 bits per heavy atom. The fourth-order valence-corrected chi connectivity index (χ4v) is 5.60. The van der Waals surface area contributed by atoms with Crippen LogP contribution in [0, 0.1) is 6.92 Å². The van der Waals surface area contributed by atoms with Crippen LogP contribution in [0.1, 0.15) is 40.6 Å². The molecule has 0 amide bonds. The zero-order valence-electron chi connectivity index (χ0n) is 15.1. The van der Waals surface area contributed by atoms with E-state index in [-0.39, 0.29) is 15.7 Å². The Kier molecular flexibility index (Phi) is 6.01. The molecular weight excluding hydrogens is 402 g/mol. The van der Waals surface area contributed by atoms with Crippen molar-refractivity contribution in [2.75, 3.05) is 6.54 Å². The molecule has 1 heterocycles. The van der Waals surface area contributed by atoms with Gasteiger partial charge in [0, 0.05) is 16.8 Å². The van der Waals surface area contributed by atoms with E-state index in [9.17, 15) is 13.2 Å². The molecule has 0 saturated carbocycles. The van der Waals surface area contributed by atoms with Gasteiger partial charge in [-0.25, -0.2) is 13.1 Å². The van der Waals surface area contributed by atoms with Crippen LogP contribution in [0.4, 0.5) is 0 Å². The number of halogens is 1. The van der Waals surface area contributed by atoms with Crippen LogP contribution >= 0.6 is 22.9 Å². The van der Waals surface area contributed by atoms with Crippen molar-refractivity contribution in [1.29, 1.82) is 0 Å². The molecule has 0 fully saturated rings. The maximum Gasteiger partial charge on any atom is 0.242 e. The van der Waals surface area contributed by atoms with Crippen LogP contribution in [0.3, 0.4) is 0 Å². The van der Waals surface area contributed by atoms with Crippen molar-refractivity contribution in [2.24, 2.45) is 0 Å². The number of benzene rings is 2. The van der Waals surface area contributed by atoms with Crippen LogP contribution < -0.4 is 4.72 Å². The van der Waals surface area contributed by atoms with Gasteiger partial charge in [0.2, 0.25) is 15.8 Å². The molecule has 0 aliphatic heterocycles. The minimum absolute atomic E-state index is 0.0649. The smallest absolute Gasteiger partial charge is 0.242 e. The van der Waals surface area contributed by atoms with E-state index in [2.05, 4.69) is 4.72 Å². The van der Waals surface area contributed by atoms with E-state index in [1.807, 2.05) is 38.1 Å². The largest absolute Gasteiger partial charge is 0.288 e. The van der Waals surface area contributed by atoms with Crippen molar-refractivity contribution in [3.05, 3.63) is 63.5 Å². The van der Waals surface area contributed by atoms with Crippen molar-refractivity contribution < 1.29 is 13.2 Å². The minimum Gasteiger partial charge on any atom is -0.288 e. The summed E-state index contributed by atoms with van der Waals surface area (Å²) in [6.07, 6.45) is 1.61. The van der Waals surface area contributed by atoms with Crippen molar-refractivity contribution in [2.45, 2.75) is 31.6 Å². The van der Waals surface area contributed by atoms with E-state index in [0.717, 1.165) is 28.5 Å². The number of carbonyl (C=O) groups is 1. The number of sulfonamides is 1. The molecule has 0 bridgehead atoms. The molecule has 1 N–H and O–H groups in total. The maximum atomic E-state index is 13.0. The lowest BCUT2D eigenvalue weighted by Crippen LogP contribution is -2.25. The highest BCUT2D eigenvalue weighted by molar-refractivity contribution is 7.89. The molecule has 0 aliphatic carbocycles. The van der Waals surface area contributed by atoms with Crippen LogP contribution in [0.25, 0.3) is 10.1 Å². The number of hydrogen-bond donors (Lipinski definition) is 1. The second-order valence-corrected chi connectivity index (χ2v) is 9.47. The first-order valence-electron chi connectivity index (χ1n) is 8.67. The number of unbranched alkanes of at least 4 members (excludes halogenated alkanes) is 1. The fraction of sp³-hybridized carbons (Fsp3) is 0.250. The van der Waals surface area contributed by atoms with Crippen molar-refractivity contribution >= 4 is 48.8 Å². The number of thiophene rings is 1. The first kappa shape index (κ1) is 20.0. The molecule has 3 rings (SSSR count). The first-order chi connectivity index (χ1) is 12.8. The third-order valence-corrected chi connectivity index (χ3v) is 7.57. The van der Waals surface area contributed by atoms with E-state index >= 15 is 0 Å². The Hall–Kier alpha value is -1.73. The highest BCUT2D eigenvalue weighted by Gasteiger charge is 2.22. The summed E-state index contributed by atoms with van der Waals surface area (Å²) in [6, 6.07) is 12.2. The fourth-order valence-electron chi connectivity index (χ4n) is 2.83. The summed E-state index contributed by atoms with van der Waals surface area (Å²) in [7, 11) is -3.77. The van der Waals surface area contributed by atoms with Gasteiger partial charge in [-0.15, -0.1) is 11.3 Å². The normalized spacial score (nSPS) is 11.8. The van der Waals surface area contributed by atoms with Crippen LogP contribution in [-0.2, 0) is 10.0 Å². The lowest BCUT2D eigenvalue weighted by Gasteiger charge is -2.09. The van der Waals surface area contributed by atoms with Crippen molar-refractivity contribution in [3.8, 4) is 0 Å². The molecule has 27 heavy (non-hydrogen) atoms. The number of carbonyl (C=O) groups excluding carboxylic acids is 1. The van der Waals surface area contributed by atoms with Crippen LogP contribution in [-0.4, -0.2) is 20.7 Å². The van der Waals surface area contributed by atoms with E-state index < -0.39 is 10.0 Å². The van der Waals surface area contributed by atoms with Crippen molar-refractivity contribution in [3.63, 3.8) is 0 Å². The summed E-state index contributed by atoms with van der Waals surface area (Å²) in [5, 5.41) is 1.14. The van der Waals surface area contributed by atoms with Gasteiger partial charge in [0.05, 0.1) is 9.90 Å². The molecule has 7 heteroatoms. The third-order valence-electron chi connectivity index (χ3n) is 4.36. The number of nitrogens with one attached hydrogen (secondary N) is 1. The van der Waals surface area contributed by atoms with Gasteiger partial charge in [0.15, 0.2) is 0 Å². The van der Waals surface area contributed by atoms with Gasteiger partial charge >= 0.3 is 0 Å². The predicted octanol–water partition coefficient (Wildman–Crippen LogP) is 5.17. The number of aryl methyl sites for hydroxylation is 1.